The van der Waals surface area contributed by atoms with Gasteiger partial charge in [0.15, 0.2) is 0 Å². The molecule has 0 N–H and O–H groups in total. The van der Waals surface area contributed by atoms with Crippen molar-refractivity contribution in [1.29, 1.82) is 0 Å². The molecule has 2 aliphatic rings. The smallest absolute Gasteiger partial charge is 0.464 e. The van der Waals surface area contributed by atoms with Crippen molar-refractivity contribution in [3.8, 4) is 11.5 Å². The van der Waals surface area contributed by atoms with Crippen molar-refractivity contribution < 1.29 is 22.6 Å². The van der Waals surface area contributed by atoms with E-state index in [0.29, 0.717) is 12.0 Å². The fourth-order valence-corrected chi connectivity index (χ4v) is 4.30. The van der Waals surface area contributed by atoms with Gasteiger partial charge in [0.1, 0.15) is 11.5 Å². The van der Waals surface area contributed by atoms with Crippen LogP contribution >= 0.6 is 15.9 Å². The summed E-state index contributed by atoms with van der Waals surface area (Å²) in [6.07, 6.45) is -4.60. The SMILES string of the molecule is FC(F)(F)Oc1ccc(C2Oc3ccc(Br)cc3C3CC(c4ccccc4)=NN32)cc1. The van der Waals surface area contributed by atoms with Gasteiger partial charge in [0, 0.05) is 22.0 Å². The predicted octanol–water partition coefficient (Wildman–Crippen LogP) is 6.59. The van der Waals surface area contributed by atoms with Crippen molar-refractivity contribution in [2.24, 2.45) is 5.10 Å². The Hall–Kier alpha value is -3.00. The van der Waals surface area contributed by atoms with Crippen molar-refractivity contribution in [1.82, 2.24) is 5.01 Å². The van der Waals surface area contributed by atoms with E-state index >= 15 is 0 Å². The van der Waals surface area contributed by atoms with E-state index < -0.39 is 12.6 Å². The van der Waals surface area contributed by atoms with Gasteiger partial charge in [-0.15, -0.1) is 13.2 Å². The van der Waals surface area contributed by atoms with Gasteiger partial charge < -0.3 is 9.47 Å². The van der Waals surface area contributed by atoms with E-state index in [9.17, 15) is 13.2 Å². The van der Waals surface area contributed by atoms with E-state index in [0.717, 1.165) is 27.1 Å². The van der Waals surface area contributed by atoms with Gasteiger partial charge in [-0.3, -0.25) is 0 Å². The Bertz CT molecular complexity index is 1130. The summed E-state index contributed by atoms with van der Waals surface area (Å²) in [6.45, 7) is 0. The Labute approximate surface area is 185 Å². The molecule has 0 aromatic heterocycles. The Morgan fingerprint density at radius 2 is 1.74 bits per heavy atom. The lowest BCUT2D eigenvalue weighted by atomic mass is 9.96. The molecule has 8 heteroatoms. The lowest BCUT2D eigenvalue weighted by Gasteiger charge is -2.38. The number of benzene rings is 3. The number of hydrogen-bond donors (Lipinski definition) is 0. The molecule has 0 saturated heterocycles. The van der Waals surface area contributed by atoms with E-state index in [4.69, 9.17) is 9.84 Å². The first-order valence-corrected chi connectivity index (χ1v) is 10.4. The maximum Gasteiger partial charge on any atom is 0.573 e. The van der Waals surface area contributed by atoms with Crippen LogP contribution in [0.15, 0.2) is 82.4 Å². The quantitative estimate of drug-likeness (QED) is 0.417. The second kappa shape index (κ2) is 7.60. The van der Waals surface area contributed by atoms with Gasteiger partial charge in [0.25, 0.3) is 0 Å². The minimum Gasteiger partial charge on any atom is -0.464 e. The minimum absolute atomic E-state index is 0.0486. The van der Waals surface area contributed by atoms with Crippen LogP contribution in [0.2, 0.25) is 0 Å². The molecule has 2 heterocycles. The molecule has 0 bridgehead atoms. The summed E-state index contributed by atoms with van der Waals surface area (Å²) in [6, 6.07) is 21.4. The number of fused-ring (bicyclic) bond motifs is 3. The fraction of sp³-hybridized carbons (Fsp3) is 0.174. The van der Waals surface area contributed by atoms with Crippen molar-refractivity contribution in [3.05, 3.63) is 94.0 Å². The van der Waals surface area contributed by atoms with Gasteiger partial charge in [0.2, 0.25) is 6.23 Å². The third-order valence-electron chi connectivity index (χ3n) is 5.26. The van der Waals surface area contributed by atoms with Crippen molar-refractivity contribution >= 4 is 21.6 Å². The first-order chi connectivity index (χ1) is 14.9. The standard InChI is InChI=1S/C23H16BrF3N2O2/c24-16-8-11-21-18(12-16)20-13-19(14-4-2-1-3-5-14)28-29(20)22(30-21)15-6-9-17(10-7-15)31-23(25,26)27/h1-12,20,22H,13H2. The highest BCUT2D eigenvalue weighted by Gasteiger charge is 2.41. The van der Waals surface area contributed by atoms with Crippen LogP contribution in [-0.4, -0.2) is 17.1 Å². The van der Waals surface area contributed by atoms with E-state index in [1.54, 1.807) is 12.1 Å². The highest BCUT2D eigenvalue weighted by atomic mass is 79.9. The lowest BCUT2D eigenvalue weighted by Crippen LogP contribution is -2.33. The summed E-state index contributed by atoms with van der Waals surface area (Å²) < 4.78 is 48.7. The van der Waals surface area contributed by atoms with Crippen molar-refractivity contribution in [2.45, 2.75) is 25.1 Å². The van der Waals surface area contributed by atoms with Crippen LogP contribution in [0.4, 0.5) is 13.2 Å². The summed E-state index contributed by atoms with van der Waals surface area (Å²) in [5, 5.41) is 6.73. The molecule has 0 aliphatic carbocycles. The zero-order valence-electron chi connectivity index (χ0n) is 16.0. The number of nitrogens with zero attached hydrogens (tertiary/aromatic N) is 2. The molecule has 158 valence electrons. The monoisotopic (exact) mass is 488 g/mol. The summed E-state index contributed by atoms with van der Waals surface area (Å²) in [5.41, 5.74) is 3.66. The second-order valence-electron chi connectivity index (χ2n) is 7.28. The summed E-state index contributed by atoms with van der Waals surface area (Å²) in [7, 11) is 0. The lowest BCUT2D eigenvalue weighted by molar-refractivity contribution is -0.274. The van der Waals surface area contributed by atoms with Gasteiger partial charge in [0.05, 0.1) is 11.8 Å². The van der Waals surface area contributed by atoms with Crippen molar-refractivity contribution in [3.63, 3.8) is 0 Å². The van der Waals surface area contributed by atoms with Crippen molar-refractivity contribution in [2.75, 3.05) is 0 Å². The third kappa shape index (κ3) is 3.99. The zero-order valence-corrected chi connectivity index (χ0v) is 17.6. The molecule has 31 heavy (non-hydrogen) atoms. The Kier molecular flexibility index (Phi) is 4.89. The second-order valence-corrected chi connectivity index (χ2v) is 8.20. The molecular formula is C23H16BrF3N2O2. The van der Waals surface area contributed by atoms with Gasteiger partial charge in [-0.05, 0) is 48.0 Å². The minimum atomic E-state index is -4.73. The number of alkyl halides is 3. The first-order valence-electron chi connectivity index (χ1n) is 9.60. The number of hydrogen-bond acceptors (Lipinski definition) is 4. The Morgan fingerprint density at radius 1 is 1.00 bits per heavy atom. The zero-order chi connectivity index (χ0) is 21.6. The molecule has 3 aromatic carbocycles. The number of rotatable bonds is 3. The average Bonchev–Trinajstić information content (AvgIpc) is 3.19. The van der Waals surface area contributed by atoms with Crippen LogP contribution in [0.5, 0.6) is 11.5 Å². The van der Waals surface area contributed by atoms with E-state index in [1.165, 1.54) is 12.1 Å². The topological polar surface area (TPSA) is 34.1 Å². The first kappa shape index (κ1) is 19.9. The van der Waals surface area contributed by atoms with Crippen LogP contribution < -0.4 is 9.47 Å². The van der Waals surface area contributed by atoms with E-state index in [1.807, 2.05) is 53.5 Å². The van der Waals surface area contributed by atoms with Crippen LogP contribution in [0, 0.1) is 0 Å². The molecule has 0 radical (unpaired) electrons. The molecule has 2 unspecified atom stereocenters. The number of ether oxygens (including phenoxy) is 2. The molecule has 0 amide bonds. The number of hydrazone groups is 1. The van der Waals surface area contributed by atoms with E-state index in [2.05, 4.69) is 20.7 Å². The van der Waals surface area contributed by atoms with Crippen LogP contribution in [0.3, 0.4) is 0 Å². The molecule has 2 atom stereocenters. The van der Waals surface area contributed by atoms with Crippen LogP contribution in [0.1, 0.15) is 35.4 Å². The highest BCUT2D eigenvalue weighted by molar-refractivity contribution is 9.10. The molecule has 5 rings (SSSR count). The molecule has 2 aliphatic heterocycles. The predicted molar refractivity (Wildman–Crippen MR) is 113 cm³/mol. The fourth-order valence-electron chi connectivity index (χ4n) is 3.92. The van der Waals surface area contributed by atoms with Gasteiger partial charge in [-0.25, -0.2) is 5.01 Å². The maximum absolute atomic E-state index is 12.5. The Morgan fingerprint density at radius 3 is 2.45 bits per heavy atom. The summed E-state index contributed by atoms with van der Waals surface area (Å²) >= 11 is 3.52. The molecule has 0 spiro atoms. The van der Waals surface area contributed by atoms with Gasteiger partial charge >= 0.3 is 6.36 Å². The molecule has 0 fully saturated rings. The number of halogens is 4. The molecule has 3 aromatic rings. The largest absolute Gasteiger partial charge is 0.573 e. The van der Waals surface area contributed by atoms with Gasteiger partial charge in [-0.1, -0.05) is 46.3 Å². The summed E-state index contributed by atoms with van der Waals surface area (Å²) in [5.74, 6) is 0.456. The maximum atomic E-state index is 12.5. The van der Waals surface area contributed by atoms with Gasteiger partial charge in [-0.2, -0.15) is 5.10 Å². The van der Waals surface area contributed by atoms with Crippen LogP contribution in [0.25, 0.3) is 0 Å². The average molecular weight is 489 g/mol. The molecule has 0 saturated carbocycles. The normalized spacial score (nSPS) is 19.9. The Balaban J connectivity index is 1.52. The molecular weight excluding hydrogens is 473 g/mol. The van der Waals surface area contributed by atoms with E-state index in [-0.39, 0.29) is 11.8 Å². The third-order valence-corrected chi connectivity index (χ3v) is 5.75. The highest BCUT2D eigenvalue weighted by Crippen LogP contribution is 2.48. The molecule has 4 nitrogen and oxygen atoms in total. The van der Waals surface area contributed by atoms with Crippen LogP contribution in [-0.2, 0) is 0 Å². The summed E-state index contributed by atoms with van der Waals surface area (Å²) in [4.78, 5) is 0.